The number of carbonyl (C=O) groups is 2. The molecule has 0 fully saturated rings. The van der Waals surface area contributed by atoms with Crippen LogP contribution in [-0.4, -0.2) is 32.4 Å². The van der Waals surface area contributed by atoms with E-state index in [2.05, 4.69) is 6.92 Å². The van der Waals surface area contributed by atoms with Crippen LogP contribution in [0.15, 0.2) is 30.3 Å². The molecule has 0 atom stereocenters. The number of phenols is 2. The van der Waals surface area contributed by atoms with Gasteiger partial charge in [0.05, 0.1) is 10.0 Å². The smallest absolute Gasteiger partial charge is 0.339 e. The lowest BCUT2D eigenvalue weighted by Crippen LogP contribution is -2.02. The van der Waals surface area contributed by atoms with Crippen LogP contribution in [0.3, 0.4) is 0 Å². The van der Waals surface area contributed by atoms with Gasteiger partial charge in [-0.2, -0.15) is 0 Å². The first-order valence-electron chi connectivity index (χ1n) is 8.89. The van der Waals surface area contributed by atoms with Crippen LogP contribution in [0, 0.1) is 0 Å². The van der Waals surface area contributed by atoms with Crippen LogP contribution in [-0.2, 0) is 0 Å². The molecule has 0 bridgehead atoms. The molecule has 0 spiro atoms. The summed E-state index contributed by atoms with van der Waals surface area (Å²) in [5, 5.41) is 38.2. The molecule has 2 aromatic carbocycles. The number of aromatic hydroxyl groups is 2. The zero-order valence-corrected chi connectivity index (χ0v) is 18.5. The molecule has 0 heterocycles. The molecule has 170 valence electrons. The number of unbranched alkanes of at least 4 members (excludes halogenated alkanes) is 3. The second-order valence-corrected chi connectivity index (χ2v) is 7.25. The zero-order valence-electron chi connectivity index (χ0n) is 17.0. The summed E-state index contributed by atoms with van der Waals surface area (Å²) in [5.41, 5.74) is 0.486. The van der Waals surface area contributed by atoms with Crippen molar-refractivity contribution in [2.24, 2.45) is 0 Å². The number of halogens is 2. The normalized spacial score (nSPS) is 9.90. The molecular weight excluding hydrogens is 447 g/mol. The minimum atomic E-state index is -1.36. The van der Waals surface area contributed by atoms with Crippen molar-refractivity contribution >= 4 is 40.7 Å². The number of carboxylic acids is 2. The highest BCUT2D eigenvalue weighted by Gasteiger charge is 2.20. The Morgan fingerprint density at radius 2 is 1.26 bits per heavy atom. The van der Waals surface area contributed by atoms with Gasteiger partial charge in [-0.25, -0.2) is 9.59 Å². The van der Waals surface area contributed by atoms with Crippen molar-refractivity contribution < 1.29 is 30.0 Å². The number of carboxylic acid groups (broad SMARTS) is 2. The van der Waals surface area contributed by atoms with E-state index in [1.807, 2.05) is 6.08 Å². The van der Waals surface area contributed by atoms with Crippen molar-refractivity contribution in [3.05, 3.63) is 62.6 Å². The van der Waals surface area contributed by atoms with Gasteiger partial charge in [-0.1, -0.05) is 49.0 Å². The van der Waals surface area contributed by atoms with Crippen LogP contribution in [0.2, 0.25) is 10.0 Å². The zero-order chi connectivity index (χ0) is 21.7. The van der Waals surface area contributed by atoms with Crippen LogP contribution in [0.1, 0.15) is 64.4 Å². The van der Waals surface area contributed by atoms with Gasteiger partial charge in [0.2, 0.25) is 0 Å². The van der Waals surface area contributed by atoms with Crippen LogP contribution >= 0.6 is 23.2 Å². The monoisotopic (exact) mass is 472 g/mol. The van der Waals surface area contributed by atoms with E-state index in [1.54, 1.807) is 0 Å². The summed E-state index contributed by atoms with van der Waals surface area (Å²) in [4.78, 5) is 22.9. The van der Waals surface area contributed by atoms with Gasteiger partial charge in [0.1, 0.15) is 22.6 Å². The Hall–Kier alpha value is -2.78. The molecular formula is C21H26Cl2N2O6. The predicted molar refractivity (Wildman–Crippen MR) is 121 cm³/mol. The number of hydrogen-bond acceptors (Lipinski definition) is 6. The summed E-state index contributed by atoms with van der Waals surface area (Å²) >= 11 is 12.0. The average molecular weight is 473 g/mol. The highest BCUT2D eigenvalue weighted by molar-refractivity contribution is 6.33. The quantitative estimate of drug-likeness (QED) is 0.247. The van der Waals surface area contributed by atoms with Crippen molar-refractivity contribution in [1.82, 2.24) is 12.3 Å². The molecule has 0 aliphatic heterocycles. The minimum absolute atomic E-state index is 0. The van der Waals surface area contributed by atoms with E-state index >= 15 is 0 Å². The Kier molecular flexibility index (Phi) is 11.1. The maximum absolute atomic E-state index is 11.5. The second-order valence-electron chi connectivity index (χ2n) is 6.43. The first-order chi connectivity index (χ1) is 13.7. The summed E-state index contributed by atoms with van der Waals surface area (Å²) in [6.45, 7) is 2.06. The lowest BCUT2D eigenvalue weighted by molar-refractivity contribution is 0.0682. The molecule has 0 saturated heterocycles. The van der Waals surface area contributed by atoms with Gasteiger partial charge in [0.25, 0.3) is 0 Å². The third-order valence-electron chi connectivity index (χ3n) is 4.37. The van der Waals surface area contributed by atoms with E-state index in [-0.39, 0.29) is 33.5 Å². The van der Waals surface area contributed by atoms with Crippen LogP contribution < -0.4 is 12.3 Å². The number of allylic oxidation sites excluding steroid dienone is 1. The number of aromatic carboxylic acids is 2. The molecule has 0 aliphatic rings. The van der Waals surface area contributed by atoms with Gasteiger partial charge in [0, 0.05) is 0 Å². The molecule has 31 heavy (non-hydrogen) atoms. The Balaban J connectivity index is 0.00000450. The van der Waals surface area contributed by atoms with Gasteiger partial charge in [-0.15, -0.1) is 0 Å². The molecule has 10 heteroatoms. The molecule has 0 saturated carbocycles. The van der Waals surface area contributed by atoms with Crippen molar-refractivity contribution in [2.45, 2.75) is 32.6 Å². The third kappa shape index (κ3) is 6.60. The molecule has 10 N–H and O–H groups in total. The average Bonchev–Trinajstić information content (AvgIpc) is 2.65. The lowest BCUT2D eigenvalue weighted by Gasteiger charge is -2.14. The van der Waals surface area contributed by atoms with Crippen molar-refractivity contribution in [1.29, 1.82) is 0 Å². The van der Waals surface area contributed by atoms with Crippen molar-refractivity contribution in [3.8, 4) is 11.5 Å². The summed E-state index contributed by atoms with van der Waals surface area (Å²) in [5.74, 6) is -3.82. The summed E-state index contributed by atoms with van der Waals surface area (Å²) in [7, 11) is 0. The molecule has 8 nitrogen and oxygen atoms in total. The van der Waals surface area contributed by atoms with E-state index < -0.39 is 23.4 Å². The first-order valence-corrected chi connectivity index (χ1v) is 9.65. The second kappa shape index (κ2) is 12.2. The lowest BCUT2D eigenvalue weighted by atomic mass is 9.93. The van der Waals surface area contributed by atoms with Crippen molar-refractivity contribution in [3.63, 3.8) is 0 Å². The molecule has 0 unspecified atom stereocenters. The van der Waals surface area contributed by atoms with Gasteiger partial charge < -0.3 is 32.7 Å². The SMILES string of the molecule is CCCCCC=C(c1cc(Cl)c(O)c(C(=O)O)c1)c1cc(Cl)c(O)c(C(=O)O)c1.N.N. The molecule has 0 amide bonds. The van der Waals surface area contributed by atoms with Gasteiger partial charge in [0.15, 0.2) is 0 Å². The van der Waals surface area contributed by atoms with Gasteiger partial charge in [-0.05, 0) is 53.8 Å². The Labute approximate surface area is 189 Å². The van der Waals surface area contributed by atoms with E-state index in [1.165, 1.54) is 24.3 Å². The maximum atomic E-state index is 11.5. The Bertz CT molecular complexity index is 921. The van der Waals surface area contributed by atoms with Gasteiger partial charge >= 0.3 is 11.9 Å². The third-order valence-corrected chi connectivity index (χ3v) is 4.94. The molecule has 0 aliphatic carbocycles. The molecule has 0 radical (unpaired) electrons. The van der Waals surface area contributed by atoms with Crippen LogP contribution in [0.25, 0.3) is 5.57 Å². The van der Waals surface area contributed by atoms with Crippen LogP contribution in [0.4, 0.5) is 0 Å². The fraction of sp³-hybridized carbons (Fsp3) is 0.238. The standard InChI is InChI=1S/C21H20Cl2O6.2H3N/c1-2-3-4-5-6-13(11-7-14(20(26)27)18(24)16(22)9-11)12-8-15(21(28)29)19(25)17(23)10-12;;/h6-10,24-25H,2-5H2,1H3,(H,26,27)(H,28,29);2*1H3. The number of benzene rings is 2. The van der Waals surface area contributed by atoms with E-state index in [4.69, 9.17) is 23.2 Å². The van der Waals surface area contributed by atoms with Gasteiger partial charge in [-0.3, -0.25) is 0 Å². The predicted octanol–water partition coefficient (Wildman–Crippen LogP) is 6.14. The fourth-order valence-electron chi connectivity index (χ4n) is 2.88. The highest BCUT2D eigenvalue weighted by atomic mass is 35.5. The van der Waals surface area contributed by atoms with E-state index in [0.717, 1.165) is 19.3 Å². The fourth-order valence-corrected chi connectivity index (χ4v) is 3.32. The molecule has 2 aromatic rings. The van der Waals surface area contributed by atoms with Crippen LogP contribution in [0.5, 0.6) is 11.5 Å². The van der Waals surface area contributed by atoms with E-state index in [9.17, 15) is 30.0 Å². The highest BCUT2D eigenvalue weighted by Crippen LogP contribution is 2.37. The molecule has 2 rings (SSSR count). The topological polar surface area (TPSA) is 185 Å². The first kappa shape index (κ1) is 28.2. The molecule has 0 aromatic heterocycles. The minimum Gasteiger partial charge on any atom is -0.505 e. The Morgan fingerprint density at radius 3 is 1.61 bits per heavy atom. The largest absolute Gasteiger partial charge is 0.505 e. The summed E-state index contributed by atoms with van der Waals surface area (Å²) in [6.07, 6.45) is 5.33. The van der Waals surface area contributed by atoms with E-state index in [0.29, 0.717) is 23.1 Å². The Morgan fingerprint density at radius 1 is 0.839 bits per heavy atom. The summed E-state index contributed by atoms with van der Waals surface area (Å²) in [6, 6.07) is 5.32. The maximum Gasteiger partial charge on any atom is 0.339 e. The number of rotatable bonds is 8. The van der Waals surface area contributed by atoms with Crippen molar-refractivity contribution in [2.75, 3.05) is 0 Å². The number of hydrogen-bond donors (Lipinski definition) is 6. The summed E-state index contributed by atoms with van der Waals surface area (Å²) < 4.78 is 0.